The van der Waals surface area contributed by atoms with E-state index in [1.807, 2.05) is 13.8 Å². The Labute approximate surface area is 212 Å². The summed E-state index contributed by atoms with van der Waals surface area (Å²) in [5.74, 6) is -7.79. The Bertz CT molecular complexity index is 1350. The predicted octanol–water partition coefficient (Wildman–Crippen LogP) is 9.34. The number of hydrogen-bond donors (Lipinski definition) is 0. The standard InChI is InChI=1S/C28H21F9O/c1-15(2)16-3-5-22(23(32)10-16)18-11-25(34)27(26(35)12-18)28(36,37)38-20-4-6-21(24(33)13-20)17(7-8-29)9-19(31)14-30/h3-7,9-13,15H,8,14H2,1-2H3/b17-7+,19-9+. The van der Waals surface area contributed by atoms with Crippen LogP contribution in [0.1, 0.15) is 36.5 Å². The number of hydrogen-bond acceptors (Lipinski definition) is 1. The van der Waals surface area contributed by atoms with E-state index in [9.17, 15) is 39.5 Å². The van der Waals surface area contributed by atoms with Crippen LogP contribution in [0.4, 0.5) is 39.5 Å². The zero-order chi connectivity index (χ0) is 28.2. The summed E-state index contributed by atoms with van der Waals surface area (Å²) in [6, 6.07) is 7.04. The second kappa shape index (κ2) is 11.8. The zero-order valence-corrected chi connectivity index (χ0v) is 20.1. The molecule has 10 heteroatoms. The second-order valence-corrected chi connectivity index (χ2v) is 8.51. The van der Waals surface area contributed by atoms with Crippen LogP contribution in [-0.4, -0.2) is 13.3 Å². The molecule has 38 heavy (non-hydrogen) atoms. The highest BCUT2D eigenvalue weighted by Gasteiger charge is 2.41. The normalized spacial score (nSPS) is 12.8. The number of ether oxygens (including phenoxy) is 1. The smallest absolute Gasteiger partial charge is 0.429 e. The molecule has 3 aromatic rings. The third kappa shape index (κ3) is 6.41. The Morgan fingerprint density at radius 2 is 1.53 bits per heavy atom. The lowest BCUT2D eigenvalue weighted by Gasteiger charge is -2.20. The largest absolute Gasteiger partial charge is 0.432 e. The quantitative estimate of drug-likeness (QED) is 0.193. The molecule has 0 aromatic heterocycles. The molecule has 0 heterocycles. The lowest BCUT2D eigenvalue weighted by Crippen LogP contribution is -2.25. The molecule has 0 aliphatic rings. The Morgan fingerprint density at radius 3 is 2.05 bits per heavy atom. The molecule has 0 aliphatic carbocycles. The maximum absolute atomic E-state index is 14.8. The maximum atomic E-state index is 14.8. The van der Waals surface area contributed by atoms with E-state index in [1.165, 1.54) is 12.1 Å². The van der Waals surface area contributed by atoms with Gasteiger partial charge in [0.25, 0.3) is 0 Å². The lowest BCUT2D eigenvalue weighted by atomic mass is 9.97. The van der Waals surface area contributed by atoms with Crippen molar-refractivity contribution in [1.82, 2.24) is 0 Å². The number of allylic oxidation sites excluding steroid dienone is 4. The van der Waals surface area contributed by atoms with Gasteiger partial charge in [-0.1, -0.05) is 26.0 Å². The first-order valence-electron chi connectivity index (χ1n) is 11.2. The molecule has 0 atom stereocenters. The van der Waals surface area contributed by atoms with E-state index in [4.69, 9.17) is 0 Å². The van der Waals surface area contributed by atoms with Gasteiger partial charge in [0, 0.05) is 17.2 Å². The number of rotatable bonds is 9. The Morgan fingerprint density at radius 1 is 0.868 bits per heavy atom. The molecule has 3 rings (SSSR count). The topological polar surface area (TPSA) is 9.23 Å². The zero-order valence-electron chi connectivity index (χ0n) is 20.1. The van der Waals surface area contributed by atoms with Crippen molar-refractivity contribution in [3.8, 4) is 16.9 Å². The monoisotopic (exact) mass is 544 g/mol. The Hall–Kier alpha value is -3.69. The van der Waals surface area contributed by atoms with Gasteiger partial charge >= 0.3 is 6.11 Å². The van der Waals surface area contributed by atoms with Crippen molar-refractivity contribution in [1.29, 1.82) is 0 Å². The Kier molecular flexibility index (Phi) is 8.96. The van der Waals surface area contributed by atoms with Gasteiger partial charge in [-0.3, -0.25) is 0 Å². The minimum atomic E-state index is -4.64. The van der Waals surface area contributed by atoms with Crippen molar-refractivity contribution >= 4 is 5.57 Å². The molecule has 0 saturated heterocycles. The van der Waals surface area contributed by atoms with Gasteiger partial charge in [-0.2, -0.15) is 8.78 Å². The van der Waals surface area contributed by atoms with Gasteiger partial charge in [-0.25, -0.2) is 30.7 Å². The van der Waals surface area contributed by atoms with E-state index in [-0.39, 0.29) is 17.0 Å². The van der Waals surface area contributed by atoms with Gasteiger partial charge in [0.2, 0.25) is 0 Å². The van der Waals surface area contributed by atoms with Crippen LogP contribution in [0.2, 0.25) is 0 Å². The van der Waals surface area contributed by atoms with Crippen LogP contribution in [0, 0.1) is 23.3 Å². The summed E-state index contributed by atoms with van der Waals surface area (Å²) < 4.78 is 131. The summed E-state index contributed by atoms with van der Waals surface area (Å²) in [4.78, 5) is 0. The third-order valence-electron chi connectivity index (χ3n) is 5.54. The molecule has 202 valence electrons. The predicted molar refractivity (Wildman–Crippen MR) is 126 cm³/mol. The van der Waals surface area contributed by atoms with E-state index >= 15 is 0 Å². The SMILES string of the molecule is CC(C)c1ccc(-c2cc(F)c(C(F)(F)Oc3ccc(C(/C=C(/F)CF)=C/CF)c(F)c3)c(F)c2)c(F)c1. The van der Waals surface area contributed by atoms with Crippen molar-refractivity contribution in [3.05, 3.63) is 106 Å². The van der Waals surface area contributed by atoms with Crippen LogP contribution >= 0.6 is 0 Å². The van der Waals surface area contributed by atoms with Crippen LogP contribution in [0.5, 0.6) is 5.75 Å². The molecule has 0 spiro atoms. The molecular formula is C28H21F9O. The van der Waals surface area contributed by atoms with Crippen LogP contribution in [0.25, 0.3) is 16.7 Å². The number of halogens is 9. The van der Waals surface area contributed by atoms with Crippen LogP contribution < -0.4 is 4.74 Å². The van der Waals surface area contributed by atoms with Gasteiger partial charge in [-0.05, 0) is 65.1 Å². The van der Waals surface area contributed by atoms with Gasteiger partial charge < -0.3 is 4.74 Å². The summed E-state index contributed by atoms with van der Waals surface area (Å²) in [5.41, 5.74) is -2.58. The van der Waals surface area contributed by atoms with Gasteiger partial charge in [-0.15, -0.1) is 0 Å². The Balaban J connectivity index is 1.93. The first kappa shape index (κ1) is 28.9. The first-order valence-corrected chi connectivity index (χ1v) is 11.2. The summed E-state index contributed by atoms with van der Waals surface area (Å²) in [6.45, 7) is 0.923. The van der Waals surface area contributed by atoms with E-state index in [1.54, 1.807) is 6.07 Å². The number of alkyl halides is 4. The molecule has 0 radical (unpaired) electrons. The fraction of sp³-hybridized carbons (Fsp3) is 0.214. The highest BCUT2D eigenvalue weighted by Crippen LogP contribution is 2.38. The minimum Gasteiger partial charge on any atom is -0.429 e. The third-order valence-corrected chi connectivity index (χ3v) is 5.54. The molecule has 0 fully saturated rings. The van der Waals surface area contributed by atoms with Crippen molar-refractivity contribution in [2.45, 2.75) is 25.9 Å². The minimum absolute atomic E-state index is 0.0248. The highest BCUT2D eigenvalue weighted by molar-refractivity contribution is 5.75. The summed E-state index contributed by atoms with van der Waals surface area (Å²) in [7, 11) is 0. The van der Waals surface area contributed by atoms with Gasteiger partial charge in [0.05, 0.1) is 0 Å². The summed E-state index contributed by atoms with van der Waals surface area (Å²) in [6.07, 6.45) is -3.38. The summed E-state index contributed by atoms with van der Waals surface area (Å²) in [5, 5.41) is 0. The van der Waals surface area contributed by atoms with Crippen molar-refractivity contribution in [2.75, 3.05) is 13.3 Å². The van der Waals surface area contributed by atoms with E-state index in [0.29, 0.717) is 29.8 Å². The van der Waals surface area contributed by atoms with Crippen molar-refractivity contribution in [2.24, 2.45) is 0 Å². The van der Waals surface area contributed by atoms with Gasteiger partial charge in [0.15, 0.2) is 0 Å². The van der Waals surface area contributed by atoms with E-state index < -0.39 is 71.0 Å². The molecule has 0 bridgehead atoms. The van der Waals surface area contributed by atoms with Gasteiger partial charge in [0.1, 0.15) is 53.8 Å². The first-order chi connectivity index (χ1) is 17.9. The molecule has 0 unspecified atom stereocenters. The van der Waals surface area contributed by atoms with Crippen LogP contribution in [0.3, 0.4) is 0 Å². The van der Waals surface area contributed by atoms with Crippen molar-refractivity contribution < 1.29 is 44.3 Å². The van der Waals surface area contributed by atoms with E-state index in [2.05, 4.69) is 4.74 Å². The average Bonchev–Trinajstić information content (AvgIpc) is 2.82. The molecule has 0 saturated carbocycles. The molecule has 0 N–H and O–H groups in total. The number of benzene rings is 3. The molecule has 0 amide bonds. The maximum Gasteiger partial charge on any atom is 0.432 e. The second-order valence-electron chi connectivity index (χ2n) is 8.51. The fourth-order valence-corrected chi connectivity index (χ4v) is 3.66. The lowest BCUT2D eigenvalue weighted by molar-refractivity contribution is -0.189. The molecule has 3 aromatic carbocycles. The fourth-order valence-electron chi connectivity index (χ4n) is 3.66. The average molecular weight is 544 g/mol. The summed E-state index contributed by atoms with van der Waals surface area (Å²) >= 11 is 0. The van der Waals surface area contributed by atoms with E-state index in [0.717, 1.165) is 18.2 Å². The molecule has 0 aliphatic heterocycles. The van der Waals surface area contributed by atoms with Crippen LogP contribution in [0.15, 0.2) is 66.5 Å². The van der Waals surface area contributed by atoms with Crippen molar-refractivity contribution in [3.63, 3.8) is 0 Å². The molecule has 1 nitrogen and oxygen atoms in total. The van der Waals surface area contributed by atoms with Crippen LogP contribution in [-0.2, 0) is 6.11 Å². The highest BCUT2D eigenvalue weighted by atomic mass is 19.3. The molecular weight excluding hydrogens is 523 g/mol.